The summed E-state index contributed by atoms with van der Waals surface area (Å²) in [4.78, 5) is 4.31. The molecule has 28 heavy (non-hydrogen) atoms. The second kappa shape index (κ2) is 6.17. The summed E-state index contributed by atoms with van der Waals surface area (Å²) < 4.78 is 0. The Bertz CT molecular complexity index is 1340. The van der Waals surface area contributed by atoms with Gasteiger partial charge in [-0.1, -0.05) is 66.7 Å². The largest absolute Gasteiger partial charge is 0.264 e. The molecule has 1 heteroatoms. The average molecular weight is 359 g/mol. The van der Waals surface area contributed by atoms with Crippen LogP contribution >= 0.6 is 0 Å². The zero-order chi connectivity index (χ0) is 18.5. The minimum atomic E-state index is 0.464. The third kappa shape index (κ3) is 2.29. The molecular formula is C27H21N. The van der Waals surface area contributed by atoms with Gasteiger partial charge in [0.1, 0.15) is 0 Å². The van der Waals surface area contributed by atoms with Crippen LogP contribution in [0.4, 0.5) is 0 Å². The summed E-state index contributed by atoms with van der Waals surface area (Å²) in [5, 5.41) is 8.08. The summed E-state index contributed by atoms with van der Waals surface area (Å²) in [5.74, 6) is 0.464. The first-order valence-corrected chi connectivity index (χ1v) is 10.2. The SMILES string of the molecule is c1cc(C2CCCc3c2ccc2c3ccc3ccccc32)c2ccncc2c1. The van der Waals surface area contributed by atoms with Gasteiger partial charge in [-0.3, -0.25) is 4.98 Å². The molecule has 134 valence electrons. The quantitative estimate of drug-likeness (QED) is 0.293. The predicted octanol–water partition coefficient (Wildman–Crippen LogP) is 7.01. The lowest BCUT2D eigenvalue weighted by atomic mass is 9.76. The molecule has 0 saturated heterocycles. The van der Waals surface area contributed by atoms with E-state index in [9.17, 15) is 0 Å². The van der Waals surface area contributed by atoms with Gasteiger partial charge in [0.15, 0.2) is 0 Å². The van der Waals surface area contributed by atoms with E-state index < -0.39 is 0 Å². The van der Waals surface area contributed by atoms with E-state index in [-0.39, 0.29) is 0 Å². The van der Waals surface area contributed by atoms with Crippen molar-refractivity contribution >= 4 is 32.3 Å². The monoisotopic (exact) mass is 359 g/mol. The fraction of sp³-hybridized carbons (Fsp3) is 0.148. The summed E-state index contributed by atoms with van der Waals surface area (Å²) in [6.07, 6.45) is 7.53. The van der Waals surface area contributed by atoms with E-state index in [0.29, 0.717) is 5.92 Å². The van der Waals surface area contributed by atoms with Crippen molar-refractivity contribution in [2.75, 3.05) is 0 Å². The number of fused-ring (bicyclic) bond motifs is 6. The van der Waals surface area contributed by atoms with E-state index in [0.717, 1.165) is 0 Å². The van der Waals surface area contributed by atoms with Crippen LogP contribution in [0.3, 0.4) is 0 Å². The van der Waals surface area contributed by atoms with Crippen LogP contribution in [0.5, 0.6) is 0 Å². The smallest absolute Gasteiger partial charge is 0.0346 e. The van der Waals surface area contributed by atoms with E-state index in [1.54, 1.807) is 5.56 Å². The number of nitrogens with zero attached hydrogens (tertiary/aromatic N) is 1. The summed E-state index contributed by atoms with van der Waals surface area (Å²) in [6.45, 7) is 0. The van der Waals surface area contributed by atoms with Crippen LogP contribution in [-0.2, 0) is 6.42 Å². The topological polar surface area (TPSA) is 12.9 Å². The van der Waals surface area contributed by atoms with Crippen molar-refractivity contribution in [3.05, 3.63) is 102 Å². The molecule has 0 radical (unpaired) electrons. The van der Waals surface area contributed by atoms with Crippen LogP contribution in [0.1, 0.15) is 35.4 Å². The van der Waals surface area contributed by atoms with Gasteiger partial charge in [-0.2, -0.15) is 0 Å². The van der Waals surface area contributed by atoms with Crippen molar-refractivity contribution in [3.8, 4) is 0 Å². The van der Waals surface area contributed by atoms with Crippen LogP contribution < -0.4 is 0 Å². The van der Waals surface area contributed by atoms with Gasteiger partial charge < -0.3 is 0 Å². The second-order valence-electron chi connectivity index (χ2n) is 7.90. The zero-order valence-electron chi connectivity index (χ0n) is 15.7. The first-order chi connectivity index (χ1) is 13.9. The highest BCUT2D eigenvalue weighted by molar-refractivity contribution is 6.08. The summed E-state index contributed by atoms with van der Waals surface area (Å²) >= 11 is 0. The fourth-order valence-corrected chi connectivity index (χ4v) is 5.19. The second-order valence-corrected chi connectivity index (χ2v) is 7.90. The molecule has 6 rings (SSSR count). The average Bonchev–Trinajstić information content (AvgIpc) is 2.78. The fourth-order valence-electron chi connectivity index (χ4n) is 5.19. The van der Waals surface area contributed by atoms with Gasteiger partial charge in [0.25, 0.3) is 0 Å². The van der Waals surface area contributed by atoms with E-state index >= 15 is 0 Å². The normalized spacial score (nSPS) is 16.5. The van der Waals surface area contributed by atoms with Gasteiger partial charge in [-0.15, -0.1) is 0 Å². The number of hydrogen-bond donors (Lipinski definition) is 0. The summed E-state index contributed by atoms with van der Waals surface area (Å²) in [6, 6.07) is 26.9. The maximum Gasteiger partial charge on any atom is 0.0346 e. The molecule has 0 N–H and O–H groups in total. The minimum Gasteiger partial charge on any atom is -0.264 e. The number of benzene rings is 4. The van der Waals surface area contributed by atoms with Gasteiger partial charge in [0.05, 0.1) is 0 Å². The molecule has 1 heterocycles. The van der Waals surface area contributed by atoms with Crippen molar-refractivity contribution in [2.24, 2.45) is 0 Å². The Morgan fingerprint density at radius 3 is 2.54 bits per heavy atom. The Labute approximate surface area is 164 Å². The number of aromatic nitrogens is 1. The molecule has 0 amide bonds. The Hall–Kier alpha value is -3.19. The molecule has 1 atom stereocenters. The molecule has 5 aromatic rings. The molecule has 1 unspecified atom stereocenters. The molecule has 0 saturated carbocycles. The first kappa shape index (κ1) is 15.8. The Morgan fingerprint density at radius 1 is 0.643 bits per heavy atom. The lowest BCUT2D eigenvalue weighted by Gasteiger charge is -2.28. The molecule has 1 nitrogen and oxygen atoms in total. The number of aryl methyl sites for hydroxylation is 1. The van der Waals surface area contributed by atoms with Crippen LogP contribution in [0.2, 0.25) is 0 Å². The van der Waals surface area contributed by atoms with Gasteiger partial charge in [-0.05, 0) is 69.0 Å². The third-order valence-corrected chi connectivity index (χ3v) is 6.46. The van der Waals surface area contributed by atoms with Crippen LogP contribution in [0.25, 0.3) is 32.3 Å². The van der Waals surface area contributed by atoms with Crippen LogP contribution in [0, 0.1) is 0 Å². The lowest BCUT2D eigenvalue weighted by molar-refractivity contribution is 0.622. The molecule has 1 aliphatic carbocycles. The van der Waals surface area contributed by atoms with Gasteiger partial charge in [0.2, 0.25) is 0 Å². The Morgan fingerprint density at radius 2 is 1.54 bits per heavy atom. The zero-order valence-corrected chi connectivity index (χ0v) is 15.7. The van der Waals surface area contributed by atoms with E-state index in [4.69, 9.17) is 0 Å². The molecule has 1 aliphatic rings. The molecule has 0 aliphatic heterocycles. The third-order valence-electron chi connectivity index (χ3n) is 6.46. The number of pyridine rings is 1. The van der Waals surface area contributed by atoms with Crippen molar-refractivity contribution < 1.29 is 0 Å². The van der Waals surface area contributed by atoms with E-state index in [1.807, 2.05) is 12.4 Å². The summed E-state index contributed by atoms with van der Waals surface area (Å²) in [5.41, 5.74) is 4.50. The van der Waals surface area contributed by atoms with Gasteiger partial charge in [0, 0.05) is 23.7 Å². The highest BCUT2D eigenvalue weighted by Gasteiger charge is 2.24. The Kier molecular flexibility index (Phi) is 3.49. The highest BCUT2D eigenvalue weighted by Crippen LogP contribution is 2.42. The van der Waals surface area contributed by atoms with Crippen LogP contribution in [-0.4, -0.2) is 4.98 Å². The highest BCUT2D eigenvalue weighted by atomic mass is 14.6. The molecule has 0 fully saturated rings. The number of rotatable bonds is 1. The van der Waals surface area contributed by atoms with Crippen molar-refractivity contribution in [1.29, 1.82) is 0 Å². The van der Waals surface area contributed by atoms with E-state index in [2.05, 4.69) is 77.8 Å². The molecule has 0 bridgehead atoms. The minimum absolute atomic E-state index is 0.464. The molecular weight excluding hydrogens is 338 g/mol. The predicted molar refractivity (Wildman–Crippen MR) is 118 cm³/mol. The van der Waals surface area contributed by atoms with E-state index in [1.165, 1.54) is 62.7 Å². The van der Waals surface area contributed by atoms with Crippen LogP contribution in [0.15, 0.2) is 85.2 Å². The molecule has 4 aromatic carbocycles. The summed E-state index contributed by atoms with van der Waals surface area (Å²) in [7, 11) is 0. The maximum atomic E-state index is 4.31. The maximum absolute atomic E-state index is 4.31. The van der Waals surface area contributed by atoms with Crippen molar-refractivity contribution in [1.82, 2.24) is 4.98 Å². The first-order valence-electron chi connectivity index (χ1n) is 10.2. The lowest BCUT2D eigenvalue weighted by Crippen LogP contribution is -2.12. The van der Waals surface area contributed by atoms with Gasteiger partial charge in [-0.25, -0.2) is 0 Å². The standard InChI is InChI=1S/C27H21N/c1-2-7-20-18(5-1)11-12-26-24-10-4-9-23(27(24)14-13-25(20)26)22-8-3-6-19-17-28-16-15-21(19)22/h1-3,5-8,11-17,23H,4,9-10H2. The van der Waals surface area contributed by atoms with Gasteiger partial charge >= 0.3 is 0 Å². The molecule has 0 spiro atoms. The number of hydrogen-bond acceptors (Lipinski definition) is 1. The Balaban J connectivity index is 1.61. The van der Waals surface area contributed by atoms with Crippen molar-refractivity contribution in [2.45, 2.75) is 25.2 Å². The molecule has 1 aromatic heterocycles. The van der Waals surface area contributed by atoms with Crippen molar-refractivity contribution in [3.63, 3.8) is 0 Å².